The van der Waals surface area contributed by atoms with Crippen molar-refractivity contribution in [3.8, 4) is 23.0 Å². The molecule has 1 heterocycles. The van der Waals surface area contributed by atoms with E-state index in [1.54, 1.807) is 37.7 Å². The number of ether oxygens (including phenoxy) is 2. The molecule has 33 heavy (non-hydrogen) atoms. The molecule has 0 unspecified atom stereocenters. The molecule has 0 radical (unpaired) electrons. The molecule has 0 spiro atoms. The summed E-state index contributed by atoms with van der Waals surface area (Å²) in [6.07, 6.45) is 3.16. The van der Waals surface area contributed by atoms with Gasteiger partial charge in [0.15, 0.2) is 0 Å². The van der Waals surface area contributed by atoms with Crippen molar-refractivity contribution in [2.24, 2.45) is 0 Å². The molecule has 0 fully saturated rings. The van der Waals surface area contributed by atoms with Crippen LogP contribution in [0.1, 0.15) is 21.5 Å². The Bertz CT molecular complexity index is 1250. The Morgan fingerprint density at radius 1 is 1.09 bits per heavy atom. The van der Waals surface area contributed by atoms with Gasteiger partial charge in [-0.05, 0) is 54.4 Å². The Kier molecular flexibility index (Phi) is 6.31. The zero-order valence-electron chi connectivity index (χ0n) is 18.7. The SMILES string of the molecule is COc1cccc(C(=O)N(C)c2ccc(C)cc2OCc2ccc(-c3ncco3)cc2)c1N. The number of nitrogens with two attached hydrogens (primary N) is 1. The molecule has 0 atom stereocenters. The molecule has 4 rings (SSSR count). The lowest BCUT2D eigenvalue weighted by Gasteiger charge is -2.22. The van der Waals surface area contributed by atoms with Crippen LogP contribution in [-0.2, 0) is 6.61 Å². The van der Waals surface area contributed by atoms with Gasteiger partial charge in [0.05, 0.1) is 30.2 Å². The van der Waals surface area contributed by atoms with E-state index in [2.05, 4.69) is 4.98 Å². The fraction of sp³-hybridized carbons (Fsp3) is 0.154. The number of benzene rings is 3. The van der Waals surface area contributed by atoms with Crippen LogP contribution < -0.4 is 20.1 Å². The molecule has 0 aliphatic rings. The number of rotatable bonds is 7. The number of aromatic nitrogens is 1. The quantitative estimate of drug-likeness (QED) is 0.400. The lowest BCUT2D eigenvalue weighted by molar-refractivity contribution is 0.0992. The molecule has 1 amide bonds. The largest absolute Gasteiger partial charge is 0.495 e. The normalized spacial score (nSPS) is 10.6. The molecular formula is C26H25N3O4. The van der Waals surface area contributed by atoms with Crippen molar-refractivity contribution in [2.45, 2.75) is 13.5 Å². The number of carbonyl (C=O) groups is 1. The average molecular weight is 444 g/mol. The predicted molar refractivity (Wildman–Crippen MR) is 128 cm³/mol. The third kappa shape index (κ3) is 4.67. The van der Waals surface area contributed by atoms with E-state index in [1.807, 2.05) is 49.4 Å². The highest BCUT2D eigenvalue weighted by molar-refractivity contribution is 6.10. The van der Waals surface area contributed by atoms with Crippen molar-refractivity contribution < 1.29 is 18.7 Å². The monoisotopic (exact) mass is 443 g/mol. The molecule has 0 aliphatic heterocycles. The molecule has 0 saturated heterocycles. The molecule has 7 nitrogen and oxygen atoms in total. The highest BCUT2D eigenvalue weighted by atomic mass is 16.5. The highest BCUT2D eigenvalue weighted by Crippen LogP contribution is 2.33. The Hall–Kier alpha value is -4.26. The van der Waals surface area contributed by atoms with E-state index in [0.29, 0.717) is 40.9 Å². The molecular weight excluding hydrogens is 418 g/mol. The Morgan fingerprint density at radius 2 is 1.88 bits per heavy atom. The number of methoxy groups -OCH3 is 1. The average Bonchev–Trinajstić information content (AvgIpc) is 3.37. The van der Waals surface area contributed by atoms with Crippen LogP contribution >= 0.6 is 0 Å². The molecule has 1 aromatic heterocycles. The summed E-state index contributed by atoms with van der Waals surface area (Å²) in [6.45, 7) is 2.31. The Balaban J connectivity index is 1.54. The van der Waals surface area contributed by atoms with Crippen molar-refractivity contribution in [1.82, 2.24) is 4.98 Å². The van der Waals surface area contributed by atoms with Crippen LogP contribution in [-0.4, -0.2) is 25.0 Å². The van der Waals surface area contributed by atoms with Crippen LogP contribution in [0.5, 0.6) is 11.5 Å². The van der Waals surface area contributed by atoms with Crippen molar-refractivity contribution in [2.75, 3.05) is 24.8 Å². The Morgan fingerprint density at radius 3 is 2.58 bits per heavy atom. The molecule has 0 saturated carbocycles. The van der Waals surface area contributed by atoms with Crippen LogP contribution in [0.3, 0.4) is 0 Å². The molecule has 2 N–H and O–H groups in total. The summed E-state index contributed by atoms with van der Waals surface area (Å²) in [5, 5.41) is 0. The summed E-state index contributed by atoms with van der Waals surface area (Å²) in [4.78, 5) is 18.9. The van der Waals surface area contributed by atoms with E-state index < -0.39 is 0 Å². The lowest BCUT2D eigenvalue weighted by Crippen LogP contribution is -2.27. The first kappa shape index (κ1) is 22.0. The third-order valence-electron chi connectivity index (χ3n) is 5.33. The van der Waals surface area contributed by atoms with Gasteiger partial charge in [0.1, 0.15) is 24.4 Å². The summed E-state index contributed by atoms with van der Waals surface area (Å²) in [6, 6.07) is 18.6. The van der Waals surface area contributed by atoms with Crippen molar-refractivity contribution in [1.29, 1.82) is 0 Å². The molecule has 4 aromatic rings. The van der Waals surface area contributed by atoms with Crippen LogP contribution in [0.25, 0.3) is 11.5 Å². The number of anilines is 2. The van der Waals surface area contributed by atoms with Crippen LogP contribution in [0.15, 0.2) is 77.5 Å². The van der Waals surface area contributed by atoms with Crippen molar-refractivity contribution in [3.63, 3.8) is 0 Å². The van der Waals surface area contributed by atoms with E-state index in [-0.39, 0.29) is 5.91 Å². The van der Waals surface area contributed by atoms with E-state index in [0.717, 1.165) is 16.7 Å². The third-order valence-corrected chi connectivity index (χ3v) is 5.33. The van der Waals surface area contributed by atoms with Gasteiger partial charge >= 0.3 is 0 Å². The zero-order valence-corrected chi connectivity index (χ0v) is 18.7. The number of aryl methyl sites for hydroxylation is 1. The number of amides is 1. The van der Waals surface area contributed by atoms with Gasteiger partial charge in [-0.25, -0.2) is 4.98 Å². The van der Waals surface area contributed by atoms with Gasteiger partial charge in [0.2, 0.25) is 5.89 Å². The minimum absolute atomic E-state index is 0.254. The number of para-hydroxylation sites is 1. The van der Waals surface area contributed by atoms with Gasteiger partial charge in [-0.15, -0.1) is 0 Å². The van der Waals surface area contributed by atoms with Gasteiger partial charge in [-0.1, -0.05) is 24.3 Å². The van der Waals surface area contributed by atoms with Crippen LogP contribution in [0, 0.1) is 6.92 Å². The Labute approximate surface area is 192 Å². The standard InChI is InChI=1S/C26H25N3O4/c1-17-7-12-21(29(2)26(30)20-5-4-6-22(31-3)24(20)27)23(15-17)33-16-18-8-10-19(11-9-18)25-28-13-14-32-25/h4-15H,16,27H2,1-3H3. The van der Waals surface area contributed by atoms with E-state index >= 15 is 0 Å². The highest BCUT2D eigenvalue weighted by Gasteiger charge is 2.21. The number of oxazole rings is 1. The molecule has 0 aliphatic carbocycles. The van der Waals surface area contributed by atoms with Gasteiger partial charge in [-0.3, -0.25) is 4.79 Å². The topological polar surface area (TPSA) is 90.8 Å². The maximum atomic E-state index is 13.2. The summed E-state index contributed by atoms with van der Waals surface area (Å²) in [5.41, 5.74) is 10.3. The second-order valence-corrected chi connectivity index (χ2v) is 7.58. The van der Waals surface area contributed by atoms with Gasteiger partial charge in [-0.2, -0.15) is 0 Å². The van der Waals surface area contributed by atoms with Crippen LogP contribution in [0.4, 0.5) is 11.4 Å². The first-order valence-electron chi connectivity index (χ1n) is 10.4. The maximum Gasteiger partial charge on any atom is 0.260 e. The molecule has 3 aromatic carbocycles. The summed E-state index contributed by atoms with van der Waals surface area (Å²) < 4.78 is 16.7. The number of hydrogen-bond acceptors (Lipinski definition) is 6. The van der Waals surface area contributed by atoms with Gasteiger partial charge in [0, 0.05) is 12.6 Å². The fourth-order valence-corrected chi connectivity index (χ4v) is 3.48. The molecule has 168 valence electrons. The van der Waals surface area contributed by atoms with Crippen molar-refractivity contribution >= 4 is 17.3 Å². The molecule has 0 bridgehead atoms. The second-order valence-electron chi connectivity index (χ2n) is 7.58. The summed E-state index contributed by atoms with van der Waals surface area (Å²) >= 11 is 0. The fourth-order valence-electron chi connectivity index (χ4n) is 3.48. The van der Waals surface area contributed by atoms with E-state index in [4.69, 9.17) is 19.6 Å². The summed E-state index contributed by atoms with van der Waals surface area (Å²) in [7, 11) is 3.22. The minimum atomic E-state index is -0.254. The second kappa shape index (κ2) is 9.48. The number of hydrogen-bond donors (Lipinski definition) is 1. The first-order valence-corrected chi connectivity index (χ1v) is 10.4. The number of nitrogen functional groups attached to an aromatic ring is 1. The zero-order chi connectivity index (χ0) is 23.4. The predicted octanol–water partition coefficient (Wildman–Crippen LogP) is 5.10. The van der Waals surface area contributed by atoms with Gasteiger partial charge in [0.25, 0.3) is 5.91 Å². The number of nitrogens with zero attached hydrogens (tertiary/aromatic N) is 2. The van der Waals surface area contributed by atoms with Gasteiger partial charge < -0.3 is 24.5 Å². The maximum absolute atomic E-state index is 13.2. The number of carbonyl (C=O) groups excluding carboxylic acids is 1. The minimum Gasteiger partial charge on any atom is -0.495 e. The molecule has 7 heteroatoms. The van der Waals surface area contributed by atoms with Crippen LogP contribution in [0.2, 0.25) is 0 Å². The van der Waals surface area contributed by atoms with Crippen molar-refractivity contribution in [3.05, 3.63) is 89.8 Å². The van der Waals surface area contributed by atoms with E-state index in [1.165, 1.54) is 12.0 Å². The van der Waals surface area contributed by atoms with E-state index in [9.17, 15) is 4.79 Å². The summed E-state index contributed by atoms with van der Waals surface area (Å²) in [5.74, 6) is 1.38. The smallest absolute Gasteiger partial charge is 0.260 e. The first-order chi connectivity index (χ1) is 16.0. The lowest BCUT2D eigenvalue weighted by atomic mass is 10.1.